The lowest BCUT2D eigenvalue weighted by atomic mass is 9.95. The van der Waals surface area contributed by atoms with Gasteiger partial charge in [0.15, 0.2) is 0 Å². The molecule has 0 radical (unpaired) electrons. The summed E-state index contributed by atoms with van der Waals surface area (Å²) >= 11 is 0. The number of benzene rings is 3. The molecule has 0 unspecified atom stereocenters. The highest BCUT2D eigenvalue weighted by atomic mass is 15.1. The summed E-state index contributed by atoms with van der Waals surface area (Å²) in [6, 6.07) is 24.1. The molecule has 1 nitrogen and oxygen atoms in total. The third-order valence-corrected chi connectivity index (χ3v) is 4.11. The Bertz CT molecular complexity index is 705. The summed E-state index contributed by atoms with van der Waals surface area (Å²) in [5.74, 6) is 0. The topological polar surface area (TPSA) is 3.24 Å². The minimum Gasteiger partial charge on any atom is -0.291 e. The van der Waals surface area contributed by atoms with Gasteiger partial charge in [-0.1, -0.05) is 66.7 Å². The molecular weight excluding hydrogens is 242 g/mol. The van der Waals surface area contributed by atoms with Crippen LogP contribution < -0.4 is 0 Å². The highest BCUT2D eigenvalue weighted by Crippen LogP contribution is 2.30. The Morgan fingerprint density at radius 1 is 0.700 bits per heavy atom. The first kappa shape index (κ1) is 11.7. The van der Waals surface area contributed by atoms with E-state index in [0.717, 1.165) is 19.6 Å². The molecule has 3 aromatic carbocycles. The molecule has 1 heterocycles. The molecule has 0 N–H and O–H groups in total. The van der Waals surface area contributed by atoms with Gasteiger partial charge in [0.25, 0.3) is 0 Å². The molecule has 0 spiro atoms. The van der Waals surface area contributed by atoms with E-state index in [1.807, 2.05) is 0 Å². The molecule has 0 saturated heterocycles. The third-order valence-electron chi connectivity index (χ3n) is 4.11. The Kier molecular flexibility index (Phi) is 2.79. The third kappa shape index (κ3) is 2.00. The Hall–Kier alpha value is -2.12. The van der Waals surface area contributed by atoms with Gasteiger partial charge < -0.3 is 0 Å². The Balaban J connectivity index is 1.69. The van der Waals surface area contributed by atoms with Crippen LogP contribution in [0.15, 0.2) is 66.7 Å². The smallest absolute Gasteiger partial charge is 0.0247 e. The van der Waals surface area contributed by atoms with Crippen LogP contribution in [0.5, 0.6) is 0 Å². The molecular formula is C19H17N. The molecule has 0 bridgehead atoms. The van der Waals surface area contributed by atoms with Gasteiger partial charge >= 0.3 is 0 Å². The second-order valence-corrected chi connectivity index (χ2v) is 5.56. The molecule has 0 atom stereocenters. The summed E-state index contributed by atoms with van der Waals surface area (Å²) in [4.78, 5) is 2.52. The first-order valence-corrected chi connectivity index (χ1v) is 7.16. The van der Waals surface area contributed by atoms with E-state index in [9.17, 15) is 0 Å². The molecule has 0 fully saturated rings. The summed E-state index contributed by atoms with van der Waals surface area (Å²) in [7, 11) is 0. The maximum atomic E-state index is 2.52. The van der Waals surface area contributed by atoms with Crippen molar-refractivity contribution in [2.24, 2.45) is 0 Å². The molecule has 0 aliphatic carbocycles. The largest absolute Gasteiger partial charge is 0.291 e. The number of hydrogen-bond acceptors (Lipinski definition) is 1. The van der Waals surface area contributed by atoms with Gasteiger partial charge in [0.2, 0.25) is 0 Å². The van der Waals surface area contributed by atoms with Crippen molar-refractivity contribution in [2.75, 3.05) is 0 Å². The van der Waals surface area contributed by atoms with E-state index in [2.05, 4.69) is 71.6 Å². The number of hydrogen-bond donors (Lipinski definition) is 0. The lowest BCUT2D eigenvalue weighted by Gasteiger charge is -2.29. The molecule has 0 amide bonds. The summed E-state index contributed by atoms with van der Waals surface area (Å²) in [6.45, 7) is 3.11. The van der Waals surface area contributed by atoms with Crippen LogP contribution >= 0.6 is 0 Å². The zero-order valence-electron chi connectivity index (χ0n) is 11.4. The number of nitrogens with zero attached hydrogens (tertiary/aromatic N) is 1. The number of rotatable bonds is 2. The van der Waals surface area contributed by atoms with Gasteiger partial charge in [-0.05, 0) is 27.5 Å². The van der Waals surface area contributed by atoms with E-state index >= 15 is 0 Å². The summed E-state index contributed by atoms with van der Waals surface area (Å²) in [5.41, 5.74) is 4.31. The van der Waals surface area contributed by atoms with Crippen molar-refractivity contribution in [3.8, 4) is 0 Å². The van der Waals surface area contributed by atoms with Crippen molar-refractivity contribution in [1.82, 2.24) is 4.90 Å². The summed E-state index contributed by atoms with van der Waals surface area (Å²) < 4.78 is 0. The normalized spacial score (nSPS) is 14.6. The van der Waals surface area contributed by atoms with Gasteiger partial charge in [-0.15, -0.1) is 0 Å². The van der Waals surface area contributed by atoms with Crippen LogP contribution in [-0.2, 0) is 19.6 Å². The fourth-order valence-electron chi connectivity index (χ4n) is 3.26. The molecule has 3 aromatic rings. The Labute approximate surface area is 119 Å². The van der Waals surface area contributed by atoms with Crippen molar-refractivity contribution in [1.29, 1.82) is 0 Å². The molecule has 4 rings (SSSR count). The predicted molar refractivity (Wildman–Crippen MR) is 83.3 cm³/mol. The van der Waals surface area contributed by atoms with Crippen molar-refractivity contribution in [2.45, 2.75) is 19.6 Å². The van der Waals surface area contributed by atoms with Crippen LogP contribution in [0.2, 0.25) is 0 Å². The zero-order valence-corrected chi connectivity index (χ0v) is 11.4. The van der Waals surface area contributed by atoms with Crippen molar-refractivity contribution >= 4 is 10.8 Å². The van der Waals surface area contributed by atoms with E-state index in [-0.39, 0.29) is 0 Å². The van der Waals surface area contributed by atoms with Gasteiger partial charge in [0.1, 0.15) is 0 Å². The molecule has 0 saturated carbocycles. The predicted octanol–water partition coefficient (Wildman–Crippen LogP) is 4.36. The highest BCUT2D eigenvalue weighted by molar-refractivity contribution is 5.89. The second kappa shape index (κ2) is 4.77. The van der Waals surface area contributed by atoms with Gasteiger partial charge in [-0.2, -0.15) is 0 Å². The SMILES string of the molecule is c1ccc(CN2Cc3cccc4cccc(c34)C2)cc1. The van der Waals surface area contributed by atoms with Crippen LogP contribution in [0.1, 0.15) is 16.7 Å². The van der Waals surface area contributed by atoms with E-state index < -0.39 is 0 Å². The van der Waals surface area contributed by atoms with Gasteiger partial charge in [0.05, 0.1) is 0 Å². The maximum absolute atomic E-state index is 2.52. The maximum Gasteiger partial charge on any atom is 0.0247 e. The summed E-state index contributed by atoms with van der Waals surface area (Å²) in [6.07, 6.45) is 0. The monoisotopic (exact) mass is 259 g/mol. The van der Waals surface area contributed by atoms with Crippen molar-refractivity contribution in [3.05, 3.63) is 83.4 Å². The van der Waals surface area contributed by atoms with Gasteiger partial charge in [0, 0.05) is 19.6 Å². The minimum absolute atomic E-state index is 1.02. The molecule has 98 valence electrons. The second-order valence-electron chi connectivity index (χ2n) is 5.56. The minimum atomic E-state index is 1.02. The summed E-state index contributed by atoms with van der Waals surface area (Å²) in [5, 5.41) is 2.85. The Morgan fingerprint density at radius 3 is 2.00 bits per heavy atom. The fraction of sp³-hybridized carbons (Fsp3) is 0.158. The quantitative estimate of drug-likeness (QED) is 0.661. The molecule has 1 heteroatoms. The first-order valence-electron chi connectivity index (χ1n) is 7.16. The lowest BCUT2D eigenvalue weighted by Crippen LogP contribution is -2.25. The van der Waals surface area contributed by atoms with E-state index in [0.29, 0.717) is 0 Å². The molecule has 20 heavy (non-hydrogen) atoms. The zero-order chi connectivity index (χ0) is 13.4. The average Bonchev–Trinajstić information content (AvgIpc) is 2.49. The highest BCUT2D eigenvalue weighted by Gasteiger charge is 2.17. The van der Waals surface area contributed by atoms with Crippen LogP contribution in [0.25, 0.3) is 10.8 Å². The molecule has 0 aromatic heterocycles. The van der Waals surface area contributed by atoms with Gasteiger partial charge in [-0.25, -0.2) is 0 Å². The van der Waals surface area contributed by atoms with Crippen LogP contribution in [0.3, 0.4) is 0 Å². The van der Waals surface area contributed by atoms with Crippen LogP contribution in [0, 0.1) is 0 Å². The Morgan fingerprint density at radius 2 is 1.35 bits per heavy atom. The van der Waals surface area contributed by atoms with Crippen LogP contribution in [0.4, 0.5) is 0 Å². The lowest BCUT2D eigenvalue weighted by molar-refractivity contribution is 0.243. The van der Waals surface area contributed by atoms with E-state index in [1.165, 1.54) is 27.5 Å². The van der Waals surface area contributed by atoms with E-state index in [4.69, 9.17) is 0 Å². The first-order chi connectivity index (χ1) is 9.90. The molecule has 1 aliphatic heterocycles. The van der Waals surface area contributed by atoms with Crippen molar-refractivity contribution < 1.29 is 0 Å². The average molecular weight is 259 g/mol. The van der Waals surface area contributed by atoms with E-state index in [1.54, 1.807) is 0 Å². The van der Waals surface area contributed by atoms with Crippen LogP contribution in [-0.4, -0.2) is 4.90 Å². The molecule has 1 aliphatic rings. The standard InChI is InChI=1S/C19H17N/c1-2-6-15(7-3-1)12-20-13-17-10-4-8-16-9-5-11-18(14-20)19(16)17/h1-11H,12-14H2. The van der Waals surface area contributed by atoms with Crippen molar-refractivity contribution in [3.63, 3.8) is 0 Å². The fourth-order valence-corrected chi connectivity index (χ4v) is 3.26. The van der Waals surface area contributed by atoms with Gasteiger partial charge in [-0.3, -0.25) is 4.90 Å².